The fraction of sp³-hybridized carbons (Fsp3) is 0.0769. The number of halogens is 1. The maximum Gasteiger partial charge on any atom is 0.337 e. The monoisotopic (exact) mass is 294 g/mol. The van der Waals surface area contributed by atoms with E-state index in [0.29, 0.717) is 5.69 Å². The highest BCUT2D eigenvalue weighted by Crippen LogP contribution is 2.29. The first kappa shape index (κ1) is 13.6. The Bertz CT molecular complexity index is 624. The van der Waals surface area contributed by atoms with Gasteiger partial charge in [-0.3, -0.25) is 0 Å². The molecule has 0 spiro atoms. The number of carboxylic acid groups (broad SMARTS) is 1. The van der Waals surface area contributed by atoms with Gasteiger partial charge in [0.05, 0.1) is 17.1 Å². The van der Waals surface area contributed by atoms with Crippen LogP contribution in [-0.4, -0.2) is 22.8 Å². The van der Waals surface area contributed by atoms with Gasteiger partial charge >= 0.3 is 5.97 Å². The molecule has 98 valence electrons. The molecule has 4 nitrogen and oxygen atoms in total. The van der Waals surface area contributed by atoms with E-state index in [0.717, 1.165) is 11.1 Å². The topological polar surface area (TPSA) is 75.7 Å². The number of nitrogens with zero attached hydrogens (tertiary/aromatic N) is 1. The first-order chi connectivity index (χ1) is 9.11. The molecular formula is C13H11ClN2O2S. The number of nitrogens with two attached hydrogens (primary N) is 1. The molecule has 0 bridgehead atoms. The van der Waals surface area contributed by atoms with Gasteiger partial charge in [-0.1, -0.05) is 6.07 Å². The number of alkyl halides is 1. The zero-order valence-electron chi connectivity index (χ0n) is 9.84. The van der Waals surface area contributed by atoms with Crippen molar-refractivity contribution in [2.45, 2.75) is 0 Å². The SMILES string of the molecule is NC(CCl)=Nc1cc(-c2ccsc2)ccc1C(=O)O. The number of aliphatic imine (C=N–C) groups is 1. The number of hydrogen-bond acceptors (Lipinski definition) is 3. The Morgan fingerprint density at radius 2 is 2.16 bits per heavy atom. The van der Waals surface area contributed by atoms with Crippen molar-refractivity contribution >= 4 is 40.4 Å². The number of aromatic carboxylic acids is 1. The number of thiophene rings is 1. The van der Waals surface area contributed by atoms with Crippen LogP contribution in [-0.2, 0) is 0 Å². The van der Waals surface area contributed by atoms with Gasteiger partial charge in [-0.25, -0.2) is 9.79 Å². The molecule has 0 saturated heterocycles. The van der Waals surface area contributed by atoms with Crippen molar-refractivity contribution in [1.29, 1.82) is 0 Å². The predicted octanol–water partition coefficient (Wildman–Crippen LogP) is 3.34. The van der Waals surface area contributed by atoms with E-state index < -0.39 is 5.97 Å². The Hall–Kier alpha value is -1.85. The average Bonchev–Trinajstić information content (AvgIpc) is 2.92. The van der Waals surface area contributed by atoms with Crippen LogP contribution in [0.15, 0.2) is 40.0 Å². The van der Waals surface area contributed by atoms with Gasteiger partial charge in [-0.15, -0.1) is 11.6 Å². The third-order valence-corrected chi connectivity index (χ3v) is 3.44. The molecule has 0 radical (unpaired) electrons. The molecule has 6 heteroatoms. The van der Waals surface area contributed by atoms with E-state index in [1.165, 1.54) is 6.07 Å². The van der Waals surface area contributed by atoms with Crippen LogP contribution in [0.5, 0.6) is 0 Å². The summed E-state index contributed by atoms with van der Waals surface area (Å²) in [6, 6.07) is 6.93. The summed E-state index contributed by atoms with van der Waals surface area (Å²) in [5.74, 6) is -0.800. The first-order valence-electron chi connectivity index (χ1n) is 5.40. The number of amidine groups is 1. The molecule has 0 aliphatic heterocycles. The number of hydrogen-bond donors (Lipinski definition) is 2. The van der Waals surface area contributed by atoms with Crippen LogP contribution in [0.25, 0.3) is 11.1 Å². The fourth-order valence-electron chi connectivity index (χ4n) is 1.60. The van der Waals surface area contributed by atoms with E-state index in [2.05, 4.69) is 4.99 Å². The molecule has 1 aromatic heterocycles. The second kappa shape index (κ2) is 5.86. The quantitative estimate of drug-likeness (QED) is 0.516. The lowest BCUT2D eigenvalue weighted by Gasteiger charge is -2.05. The molecule has 0 amide bonds. The van der Waals surface area contributed by atoms with Crippen LogP contribution < -0.4 is 5.73 Å². The fourth-order valence-corrected chi connectivity index (χ4v) is 2.32. The van der Waals surface area contributed by atoms with Crippen LogP contribution in [0.1, 0.15) is 10.4 Å². The molecule has 2 aromatic rings. The largest absolute Gasteiger partial charge is 0.478 e. The van der Waals surface area contributed by atoms with Crippen molar-refractivity contribution in [3.05, 3.63) is 40.6 Å². The maximum absolute atomic E-state index is 11.1. The second-order valence-corrected chi connectivity index (χ2v) is 4.83. The van der Waals surface area contributed by atoms with Gasteiger partial charge in [0.15, 0.2) is 0 Å². The van der Waals surface area contributed by atoms with E-state index >= 15 is 0 Å². The Morgan fingerprint density at radius 3 is 2.74 bits per heavy atom. The highest BCUT2D eigenvalue weighted by atomic mass is 35.5. The summed E-state index contributed by atoms with van der Waals surface area (Å²) in [6.45, 7) is 0. The van der Waals surface area contributed by atoms with Gasteiger partial charge in [0.2, 0.25) is 0 Å². The number of carboxylic acids is 1. The van der Waals surface area contributed by atoms with Crippen molar-refractivity contribution in [2.75, 3.05) is 5.88 Å². The molecule has 1 heterocycles. The van der Waals surface area contributed by atoms with Crippen LogP contribution in [0.4, 0.5) is 5.69 Å². The number of rotatable bonds is 4. The highest BCUT2D eigenvalue weighted by molar-refractivity contribution is 7.08. The molecule has 0 fully saturated rings. The molecule has 0 aliphatic carbocycles. The van der Waals surface area contributed by atoms with Crippen molar-refractivity contribution in [3.8, 4) is 11.1 Å². The summed E-state index contributed by atoms with van der Waals surface area (Å²) in [4.78, 5) is 15.2. The molecular weight excluding hydrogens is 284 g/mol. The van der Waals surface area contributed by atoms with E-state index in [-0.39, 0.29) is 17.3 Å². The second-order valence-electron chi connectivity index (χ2n) is 3.79. The molecule has 1 aromatic carbocycles. The molecule has 0 unspecified atom stereocenters. The average molecular weight is 295 g/mol. The van der Waals surface area contributed by atoms with Gasteiger partial charge in [0, 0.05) is 0 Å². The molecule has 3 N–H and O–H groups in total. The molecule has 2 rings (SSSR count). The van der Waals surface area contributed by atoms with Crippen LogP contribution in [0.2, 0.25) is 0 Å². The van der Waals surface area contributed by atoms with E-state index in [1.54, 1.807) is 23.5 Å². The Kier molecular flexibility index (Phi) is 4.19. The van der Waals surface area contributed by atoms with Crippen molar-refractivity contribution in [1.82, 2.24) is 0 Å². The third-order valence-electron chi connectivity index (χ3n) is 2.48. The Morgan fingerprint density at radius 1 is 1.37 bits per heavy atom. The molecule has 19 heavy (non-hydrogen) atoms. The summed E-state index contributed by atoms with van der Waals surface area (Å²) in [6.07, 6.45) is 0. The zero-order chi connectivity index (χ0) is 13.8. The molecule has 0 aliphatic rings. The molecule has 0 saturated carbocycles. The lowest BCUT2D eigenvalue weighted by molar-refractivity contribution is 0.0698. The van der Waals surface area contributed by atoms with Gasteiger partial charge in [-0.2, -0.15) is 11.3 Å². The Labute approximate surface area is 119 Å². The summed E-state index contributed by atoms with van der Waals surface area (Å²) in [5.41, 5.74) is 7.90. The standard InChI is InChI=1S/C13H11ClN2O2S/c14-6-12(15)16-11-5-8(9-3-4-19-7-9)1-2-10(11)13(17)18/h1-5,7H,6H2,(H2,15,16)(H,17,18). The smallest absolute Gasteiger partial charge is 0.337 e. The Balaban J connectivity index is 2.53. The van der Waals surface area contributed by atoms with Gasteiger partial charge in [0.25, 0.3) is 0 Å². The van der Waals surface area contributed by atoms with Crippen molar-refractivity contribution in [2.24, 2.45) is 10.7 Å². The minimum absolute atomic E-state index is 0.0573. The summed E-state index contributed by atoms with van der Waals surface area (Å²) in [7, 11) is 0. The van der Waals surface area contributed by atoms with E-state index in [4.69, 9.17) is 22.4 Å². The normalized spacial score (nSPS) is 11.5. The van der Waals surface area contributed by atoms with Gasteiger partial charge in [-0.05, 0) is 40.1 Å². The van der Waals surface area contributed by atoms with Crippen molar-refractivity contribution in [3.63, 3.8) is 0 Å². The summed E-state index contributed by atoms with van der Waals surface area (Å²) >= 11 is 7.14. The van der Waals surface area contributed by atoms with E-state index in [1.807, 2.05) is 16.8 Å². The van der Waals surface area contributed by atoms with Crippen LogP contribution in [0.3, 0.4) is 0 Å². The minimum atomic E-state index is -1.04. The number of carbonyl (C=O) groups is 1. The van der Waals surface area contributed by atoms with Gasteiger partial charge < -0.3 is 10.8 Å². The predicted molar refractivity (Wildman–Crippen MR) is 78.7 cm³/mol. The van der Waals surface area contributed by atoms with Crippen LogP contribution in [0, 0.1) is 0 Å². The summed E-state index contributed by atoms with van der Waals surface area (Å²) < 4.78 is 0. The lowest BCUT2D eigenvalue weighted by Crippen LogP contribution is -2.12. The summed E-state index contributed by atoms with van der Waals surface area (Å²) in [5, 5.41) is 13.1. The van der Waals surface area contributed by atoms with Crippen molar-refractivity contribution < 1.29 is 9.90 Å². The molecule has 0 atom stereocenters. The number of benzene rings is 1. The first-order valence-corrected chi connectivity index (χ1v) is 6.88. The third kappa shape index (κ3) is 3.13. The van der Waals surface area contributed by atoms with Crippen LogP contribution >= 0.6 is 22.9 Å². The maximum atomic E-state index is 11.1. The zero-order valence-corrected chi connectivity index (χ0v) is 11.4. The lowest BCUT2D eigenvalue weighted by atomic mass is 10.0. The minimum Gasteiger partial charge on any atom is -0.478 e. The highest BCUT2D eigenvalue weighted by Gasteiger charge is 2.11. The van der Waals surface area contributed by atoms with Gasteiger partial charge in [0.1, 0.15) is 5.84 Å². The van der Waals surface area contributed by atoms with E-state index in [9.17, 15) is 4.79 Å².